The first-order chi connectivity index (χ1) is 19.4. The Labute approximate surface area is 250 Å². The first-order valence-electron chi connectivity index (χ1n) is 15.8. The minimum absolute atomic E-state index is 0.0819. The van der Waals surface area contributed by atoms with Gasteiger partial charge in [-0.15, -0.1) is 0 Å². The maximum Gasteiger partial charge on any atom is 0.472 e. The lowest BCUT2D eigenvalue weighted by Gasteiger charge is -2.24. The summed E-state index contributed by atoms with van der Waals surface area (Å²) in [5, 5.41) is 0. The summed E-state index contributed by atoms with van der Waals surface area (Å²) in [6.45, 7) is 7.30. The van der Waals surface area contributed by atoms with E-state index in [1.165, 1.54) is 32.1 Å². The third-order valence-electron chi connectivity index (χ3n) is 6.68. The van der Waals surface area contributed by atoms with Gasteiger partial charge in [0.25, 0.3) is 0 Å². The molecule has 0 bridgehead atoms. The van der Waals surface area contributed by atoms with Crippen LogP contribution in [0, 0.1) is 0 Å². The molecule has 0 aliphatic rings. The normalized spacial score (nSPS) is 13.1. The first kappa shape index (κ1) is 39.8. The summed E-state index contributed by atoms with van der Waals surface area (Å²) in [5.41, 5.74) is 0.451. The van der Waals surface area contributed by atoms with Gasteiger partial charge in [-0.25, -0.2) is 9.36 Å². The average Bonchev–Trinajstić information content (AvgIpc) is 2.88. The summed E-state index contributed by atoms with van der Waals surface area (Å²) in [7, 11) is 2.04. The number of quaternary nitrogens is 1. The van der Waals surface area contributed by atoms with Gasteiger partial charge in [-0.3, -0.25) is 13.8 Å². The standard InChI is InChI=1S/C31H60NO8P/c1-29(2)31(34)38-26-21-17-13-9-6-8-12-16-20-25-37-30(33)23-19-15-11-7-10-14-18-22-27-39-41(35,36)40-28-24-32(3,4)5/h1,6-28H2,2-5H3/p+1. The Morgan fingerprint density at radius 1 is 0.634 bits per heavy atom. The summed E-state index contributed by atoms with van der Waals surface area (Å²) < 4.78 is 33.0. The van der Waals surface area contributed by atoms with Crippen LogP contribution in [0.15, 0.2) is 12.2 Å². The van der Waals surface area contributed by atoms with Gasteiger partial charge in [0.05, 0.1) is 41.0 Å². The molecular formula is C31H61NO8P+. The van der Waals surface area contributed by atoms with Crippen molar-refractivity contribution in [3.05, 3.63) is 12.2 Å². The molecule has 0 saturated heterocycles. The van der Waals surface area contributed by atoms with Crippen LogP contribution in [0.2, 0.25) is 0 Å². The Balaban J connectivity index is 3.36. The SMILES string of the molecule is C=C(C)C(=O)OCCCCCCCCCCCOC(=O)CCCCCCCCCCOP(=O)(O)OCC[N+](C)(C)C. The van der Waals surface area contributed by atoms with Crippen molar-refractivity contribution in [2.45, 2.75) is 122 Å². The van der Waals surface area contributed by atoms with E-state index in [1.54, 1.807) is 6.92 Å². The number of phosphoric acid groups is 1. The van der Waals surface area contributed by atoms with Crippen molar-refractivity contribution in [3.8, 4) is 0 Å². The molecule has 0 aliphatic carbocycles. The number of likely N-dealkylation sites (N-methyl/N-ethyl adjacent to an activating group) is 1. The highest BCUT2D eigenvalue weighted by Crippen LogP contribution is 2.43. The topological polar surface area (TPSA) is 108 Å². The maximum atomic E-state index is 11.9. The van der Waals surface area contributed by atoms with Crippen molar-refractivity contribution < 1.29 is 42.1 Å². The van der Waals surface area contributed by atoms with Gasteiger partial charge in [0.2, 0.25) is 0 Å². The van der Waals surface area contributed by atoms with E-state index in [1.807, 2.05) is 21.1 Å². The second kappa shape index (κ2) is 25.3. The van der Waals surface area contributed by atoms with E-state index in [0.29, 0.717) is 36.2 Å². The summed E-state index contributed by atoms with van der Waals surface area (Å²) in [5.74, 6) is -0.381. The molecule has 0 amide bonds. The minimum Gasteiger partial charge on any atom is -0.466 e. The Morgan fingerprint density at radius 3 is 1.49 bits per heavy atom. The van der Waals surface area contributed by atoms with Crippen molar-refractivity contribution in [3.63, 3.8) is 0 Å². The molecule has 0 aliphatic heterocycles. The van der Waals surface area contributed by atoms with E-state index >= 15 is 0 Å². The summed E-state index contributed by atoms with van der Waals surface area (Å²) in [6.07, 6.45) is 18.6. The number of rotatable bonds is 29. The Bertz CT molecular complexity index is 738. The Morgan fingerprint density at radius 2 is 1.02 bits per heavy atom. The third-order valence-corrected chi connectivity index (χ3v) is 7.70. The molecular weight excluding hydrogens is 545 g/mol. The number of unbranched alkanes of at least 4 members (excludes halogenated alkanes) is 15. The number of hydrogen-bond acceptors (Lipinski definition) is 7. The fraction of sp³-hybridized carbons (Fsp3) is 0.871. The quantitative estimate of drug-likeness (QED) is 0.0306. The summed E-state index contributed by atoms with van der Waals surface area (Å²) in [6, 6.07) is 0. The molecule has 9 nitrogen and oxygen atoms in total. The number of ether oxygens (including phenoxy) is 2. The molecule has 0 fully saturated rings. The number of carbonyl (C=O) groups is 2. The van der Waals surface area contributed by atoms with Gasteiger partial charge in [0, 0.05) is 12.0 Å². The summed E-state index contributed by atoms with van der Waals surface area (Å²) in [4.78, 5) is 32.8. The van der Waals surface area contributed by atoms with Gasteiger partial charge in [-0.05, 0) is 32.6 Å². The molecule has 1 unspecified atom stereocenters. The van der Waals surface area contributed by atoms with Crippen LogP contribution in [0.5, 0.6) is 0 Å². The largest absolute Gasteiger partial charge is 0.472 e. The van der Waals surface area contributed by atoms with Crippen LogP contribution >= 0.6 is 7.82 Å². The second-order valence-electron chi connectivity index (χ2n) is 12.0. The van der Waals surface area contributed by atoms with E-state index in [-0.39, 0.29) is 25.2 Å². The molecule has 242 valence electrons. The molecule has 0 heterocycles. The fourth-order valence-electron chi connectivity index (χ4n) is 4.07. The lowest BCUT2D eigenvalue weighted by molar-refractivity contribution is -0.870. The van der Waals surface area contributed by atoms with E-state index in [0.717, 1.165) is 77.0 Å². The smallest absolute Gasteiger partial charge is 0.466 e. The first-order valence-corrected chi connectivity index (χ1v) is 17.3. The zero-order chi connectivity index (χ0) is 30.8. The van der Waals surface area contributed by atoms with Crippen LogP contribution in [-0.4, -0.2) is 75.4 Å². The van der Waals surface area contributed by atoms with Crippen LogP contribution in [0.3, 0.4) is 0 Å². The number of phosphoric ester groups is 1. The van der Waals surface area contributed by atoms with Crippen molar-refractivity contribution in [1.29, 1.82) is 0 Å². The number of esters is 2. The second-order valence-corrected chi connectivity index (χ2v) is 13.5. The van der Waals surface area contributed by atoms with Gasteiger partial charge < -0.3 is 18.9 Å². The van der Waals surface area contributed by atoms with Crippen molar-refractivity contribution in [2.24, 2.45) is 0 Å². The number of carbonyl (C=O) groups excluding carboxylic acids is 2. The molecule has 0 spiro atoms. The average molecular weight is 607 g/mol. The van der Waals surface area contributed by atoms with Crippen molar-refractivity contribution >= 4 is 19.8 Å². The molecule has 1 atom stereocenters. The molecule has 0 rings (SSSR count). The number of hydrogen-bond donors (Lipinski definition) is 1. The molecule has 0 aromatic carbocycles. The zero-order valence-corrected chi connectivity index (χ0v) is 27.6. The van der Waals surface area contributed by atoms with Gasteiger partial charge in [-0.2, -0.15) is 0 Å². The monoisotopic (exact) mass is 606 g/mol. The molecule has 41 heavy (non-hydrogen) atoms. The highest BCUT2D eigenvalue weighted by atomic mass is 31.2. The van der Waals surface area contributed by atoms with E-state index < -0.39 is 7.82 Å². The van der Waals surface area contributed by atoms with Gasteiger partial charge in [-0.1, -0.05) is 90.0 Å². The molecule has 0 radical (unpaired) electrons. The molecule has 0 aromatic rings. The van der Waals surface area contributed by atoms with Gasteiger partial charge in [0.1, 0.15) is 13.2 Å². The Hall–Kier alpha value is -1.25. The predicted molar refractivity (Wildman–Crippen MR) is 164 cm³/mol. The van der Waals surface area contributed by atoms with Crippen LogP contribution in [0.1, 0.15) is 122 Å². The third kappa shape index (κ3) is 30.0. The molecule has 0 aromatic heterocycles. The van der Waals surface area contributed by atoms with Crippen molar-refractivity contribution in [1.82, 2.24) is 0 Å². The highest BCUT2D eigenvalue weighted by molar-refractivity contribution is 7.47. The van der Waals surface area contributed by atoms with Crippen LogP contribution < -0.4 is 0 Å². The van der Waals surface area contributed by atoms with Gasteiger partial charge in [0.15, 0.2) is 0 Å². The zero-order valence-electron chi connectivity index (χ0n) is 26.7. The van der Waals surface area contributed by atoms with Crippen molar-refractivity contribution in [2.75, 3.05) is 54.1 Å². The summed E-state index contributed by atoms with van der Waals surface area (Å²) >= 11 is 0. The highest BCUT2D eigenvalue weighted by Gasteiger charge is 2.22. The van der Waals surface area contributed by atoms with Gasteiger partial charge >= 0.3 is 19.8 Å². The lowest BCUT2D eigenvalue weighted by Crippen LogP contribution is -2.37. The fourth-order valence-corrected chi connectivity index (χ4v) is 4.81. The maximum absolute atomic E-state index is 11.9. The van der Waals surface area contributed by atoms with E-state index in [2.05, 4.69) is 6.58 Å². The predicted octanol–water partition coefficient (Wildman–Crippen LogP) is 7.51. The Kier molecular flexibility index (Phi) is 24.5. The molecule has 1 N–H and O–H groups in total. The van der Waals surface area contributed by atoms with Crippen LogP contribution in [0.4, 0.5) is 0 Å². The minimum atomic E-state index is -3.94. The molecule has 0 saturated carbocycles. The van der Waals surface area contributed by atoms with E-state index in [4.69, 9.17) is 18.5 Å². The van der Waals surface area contributed by atoms with Crippen LogP contribution in [0.25, 0.3) is 0 Å². The number of nitrogens with zero attached hydrogens (tertiary/aromatic N) is 1. The van der Waals surface area contributed by atoms with E-state index in [9.17, 15) is 19.0 Å². The molecule has 10 heteroatoms. The van der Waals surface area contributed by atoms with Crippen LogP contribution in [-0.2, 0) is 32.7 Å². The lowest BCUT2D eigenvalue weighted by atomic mass is 10.1.